The summed E-state index contributed by atoms with van der Waals surface area (Å²) in [5.41, 5.74) is 8.23. The lowest BCUT2D eigenvalue weighted by molar-refractivity contribution is 0.865. The van der Waals surface area contributed by atoms with Gasteiger partial charge in [0.15, 0.2) is 0 Å². The summed E-state index contributed by atoms with van der Waals surface area (Å²) in [6.07, 6.45) is 0. The van der Waals surface area contributed by atoms with Crippen molar-refractivity contribution in [2.45, 2.75) is 30.6 Å². The molecule has 21 heavy (non-hydrogen) atoms. The molecule has 0 fully saturated rings. The zero-order valence-electron chi connectivity index (χ0n) is 12.5. The van der Waals surface area contributed by atoms with Gasteiger partial charge in [0.05, 0.1) is 11.8 Å². The second-order valence-corrected chi connectivity index (χ2v) is 6.55. The molecule has 2 nitrogen and oxygen atoms in total. The molecule has 0 heterocycles. The van der Waals surface area contributed by atoms with Gasteiger partial charge in [-0.15, -0.1) is 11.8 Å². The van der Waals surface area contributed by atoms with Gasteiger partial charge in [-0.25, -0.2) is 0 Å². The summed E-state index contributed by atoms with van der Waals surface area (Å²) in [7, 11) is 0. The minimum absolute atomic E-state index is 0.0269. The third-order valence-corrected chi connectivity index (χ3v) is 4.65. The lowest BCUT2D eigenvalue weighted by atomic mass is 10.0. The molecule has 0 aromatic heterocycles. The Labute approximate surface area is 131 Å². The predicted octanol–water partition coefficient (Wildman–Crippen LogP) is 4.62. The number of rotatable bonds is 6. The Balaban J connectivity index is 2.04. The van der Waals surface area contributed by atoms with E-state index in [0.717, 1.165) is 11.3 Å². The molecule has 3 heteroatoms. The SMILES string of the molecule is CC(C)c1ccc(SCC(C(=N)N)c2ccccc2)cc1. The molecular formula is C18H22N2S. The highest BCUT2D eigenvalue weighted by Crippen LogP contribution is 2.27. The van der Waals surface area contributed by atoms with Gasteiger partial charge in [-0.3, -0.25) is 5.41 Å². The van der Waals surface area contributed by atoms with Crippen molar-refractivity contribution in [1.82, 2.24) is 0 Å². The fraction of sp³-hybridized carbons (Fsp3) is 0.278. The van der Waals surface area contributed by atoms with Crippen molar-refractivity contribution >= 4 is 17.6 Å². The van der Waals surface area contributed by atoms with E-state index in [4.69, 9.17) is 11.1 Å². The number of nitrogens with one attached hydrogen (secondary N) is 1. The molecule has 0 amide bonds. The van der Waals surface area contributed by atoms with Gasteiger partial charge in [0.1, 0.15) is 0 Å². The molecule has 0 aliphatic carbocycles. The molecule has 1 unspecified atom stereocenters. The maximum atomic E-state index is 7.81. The molecular weight excluding hydrogens is 276 g/mol. The zero-order valence-corrected chi connectivity index (χ0v) is 13.4. The largest absolute Gasteiger partial charge is 0.387 e. The van der Waals surface area contributed by atoms with Gasteiger partial charge >= 0.3 is 0 Å². The highest BCUT2D eigenvalue weighted by atomic mass is 32.2. The molecule has 110 valence electrons. The molecule has 0 spiro atoms. The van der Waals surface area contributed by atoms with Crippen molar-refractivity contribution in [2.24, 2.45) is 5.73 Å². The van der Waals surface area contributed by atoms with E-state index < -0.39 is 0 Å². The molecule has 0 aliphatic rings. The van der Waals surface area contributed by atoms with Crippen LogP contribution in [0.25, 0.3) is 0 Å². The summed E-state index contributed by atoms with van der Waals surface area (Å²) in [5, 5.41) is 7.81. The van der Waals surface area contributed by atoms with Crippen LogP contribution in [0, 0.1) is 5.41 Å². The fourth-order valence-corrected chi connectivity index (χ4v) is 3.24. The van der Waals surface area contributed by atoms with Crippen molar-refractivity contribution in [2.75, 3.05) is 5.75 Å². The van der Waals surface area contributed by atoms with Crippen LogP contribution in [0.5, 0.6) is 0 Å². The molecule has 0 saturated heterocycles. The predicted molar refractivity (Wildman–Crippen MR) is 92.4 cm³/mol. The van der Waals surface area contributed by atoms with E-state index in [1.54, 1.807) is 11.8 Å². The van der Waals surface area contributed by atoms with E-state index in [9.17, 15) is 0 Å². The van der Waals surface area contributed by atoms with Crippen LogP contribution in [-0.2, 0) is 0 Å². The summed E-state index contributed by atoms with van der Waals surface area (Å²) in [5.74, 6) is 1.55. The van der Waals surface area contributed by atoms with Crippen molar-refractivity contribution in [3.63, 3.8) is 0 Å². The summed E-state index contributed by atoms with van der Waals surface area (Å²) in [6, 6.07) is 18.7. The smallest absolute Gasteiger partial charge is 0.0990 e. The topological polar surface area (TPSA) is 49.9 Å². The fourth-order valence-electron chi connectivity index (χ4n) is 2.18. The van der Waals surface area contributed by atoms with Crippen LogP contribution in [0.15, 0.2) is 59.5 Å². The van der Waals surface area contributed by atoms with Crippen molar-refractivity contribution < 1.29 is 0 Å². The number of thioether (sulfide) groups is 1. The lowest BCUT2D eigenvalue weighted by Gasteiger charge is -2.15. The Kier molecular flexibility index (Phi) is 5.45. The number of hydrogen-bond acceptors (Lipinski definition) is 2. The number of amidine groups is 1. The maximum Gasteiger partial charge on any atom is 0.0990 e. The van der Waals surface area contributed by atoms with E-state index in [1.165, 1.54) is 10.5 Å². The van der Waals surface area contributed by atoms with Crippen LogP contribution in [-0.4, -0.2) is 11.6 Å². The van der Waals surface area contributed by atoms with E-state index >= 15 is 0 Å². The molecule has 2 aromatic rings. The number of hydrogen-bond donors (Lipinski definition) is 2. The Hall–Kier alpha value is -1.74. The van der Waals surface area contributed by atoms with E-state index in [2.05, 4.69) is 38.1 Å². The monoisotopic (exact) mass is 298 g/mol. The number of nitrogens with two attached hydrogens (primary N) is 1. The van der Waals surface area contributed by atoms with Crippen LogP contribution in [0.1, 0.15) is 36.8 Å². The quantitative estimate of drug-likeness (QED) is 0.464. The second-order valence-electron chi connectivity index (χ2n) is 5.45. The molecule has 1 atom stereocenters. The minimum atomic E-state index is -0.0269. The summed E-state index contributed by atoms with van der Waals surface area (Å²) in [6.45, 7) is 4.40. The van der Waals surface area contributed by atoms with Gasteiger partial charge < -0.3 is 5.73 Å². The molecule has 2 rings (SSSR count). The van der Waals surface area contributed by atoms with Gasteiger partial charge in [0, 0.05) is 10.6 Å². The Morgan fingerprint density at radius 2 is 1.62 bits per heavy atom. The first-order valence-corrected chi connectivity index (χ1v) is 8.18. The lowest BCUT2D eigenvalue weighted by Crippen LogP contribution is -2.22. The average Bonchev–Trinajstić information content (AvgIpc) is 2.48. The first-order valence-electron chi connectivity index (χ1n) is 7.19. The third kappa shape index (κ3) is 4.36. The average molecular weight is 298 g/mol. The second kappa shape index (κ2) is 7.32. The summed E-state index contributed by atoms with van der Waals surface area (Å²) < 4.78 is 0. The summed E-state index contributed by atoms with van der Waals surface area (Å²) >= 11 is 1.75. The van der Waals surface area contributed by atoms with E-state index in [1.807, 2.05) is 30.3 Å². The molecule has 0 radical (unpaired) electrons. The zero-order chi connectivity index (χ0) is 15.2. The van der Waals surface area contributed by atoms with Crippen molar-refractivity contribution in [1.29, 1.82) is 5.41 Å². The highest BCUT2D eigenvalue weighted by Gasteiger charge is 2.15. The third-order valence-electron chi connectivity index (χ3n) is 3.54. The molecule has 0 aliphatic heterocycles. The maximum absolute atomic E-state index is 7.81. The Bertz CT molecular complexity index is 576. The van der Waals surface area contributed by atoms with Crippen LogP contribution < -0.4 is 5.73 Å². The minimum Gasteiger partial charge on any atom is -0.387 e. The van der Waals surface area contributed by atoms with Gasteiger partial charge in [0.2, 0.25) is 0 Å². The normalized spacial score (nSPS) is 12.3. The first-order chi connectivity index (χ1) is 10.1. The molecule has 0 bridgehead atoms. The van der Waals surface area contributed by atoms with Crippen molar-refractivity contribution in [3.05, 3.63) is 65.7 Å². The number of benzene rings is 2. The Morgan fingerprint density at radius 3 is 2.14 bits per heavy atom. The van der Waals surface area contributed by atoms with E-state index in [0.29, 0.717) is 5.92 Å². The van der Waals surface area contributed by atoms with Crippen LogP contribution in [0.4, 0.5) is 0 Å². The Morgan fingerprint density at radius 1 is 1.00 bits per heavy atom. The summed E-state index contributed by atoms with van der Waals surface area (Å²) in [4.78, 5) is 1.22. The first kappa shape index (κ1) is 15.6. The highest BCUT2D eigenvalue weighted by molar-refractivity contribution is 7.99. The molecule has 0 saturated carbocycles. The van der Waals surface area contributed by atoms with Gasteiger partial charge in [-0.1, -0.05) is 56.3 Å². The molecule has 2 aromatic carbocycles. The van der Waals surface area contributed by atoms with Gasteiger partial charge in [-0.2, -0.15) is 0 Å². The van der Waals surface area contributed by atoms with Crippen LogP contribution in [0.2, 0.25) is 0 Å². The van der Waals surface area contributed by atoms with Crippen LogP contribution in [0.3, 0.4) is 0 Å². The van der Waals surface area contributed by atoms with E-state index in [-0.39, 0.29) is 11.8 Å². The standard InChI is InChI=1S/C18H22N2S/c1-13(2)14-8-10-16(11-9-14)21-12-17(18(19)20)15-6-4-3-5-7-15/h3-11,13,17H,12H2,1-2H3,(H3,19,20). The van der Waals surface area contributed by atoms with Crippen LogP contribution >= 0.6 is 11.8 Å². The molecule has 3 N–H and O–H groups in total. The van der Waals surface area contributed by atoms with Gasteiger partial charge in [0.25, 0.3) is 0 Å². The van der Waals surface area contributed by atoms with Gasteiger partial charge in [-0.05, 0) is 29.2 Å². The van der Waals surface area contributed by atoms with Crippen molar-refractivity contribution in [3.8, 4) is 0 Å².